The van der Waals surface area contributed by atoms with Gasteiger partial charge in [-0.3, -0.25) is 0 Å². The van der Waals surface area contributed by atoms with E-state index >= 15 is 13.2 Å². The molecule has 11 aromatic rings. The lowest BCUT2D eigenvalue weighted by Crippen LogP contribution is -2.10. The highest BCUT2D eigenvalue weighted by Gasteiger charge is 2.35. The highest BCUT2D eigenvalue weighted by Crippen LogP contribution is 2.46. The van der Waals surface area contributed by atoms with Crippen LogP contribution in [0.5, 0.6) is 0 Å². The molecule has 0 bridgehead atoms. The van der Waals surface area contributed by atoms with Crippen LogP contribution in [0.1, 0.15) is 16.7 Å². The minimum Gasteiger partial charge on any atom is -0.308 e. The maximum atomic E-state index is 15.8. The van der Waals surface area contributed by atoms with Crippen molar-refractivity contribution in [2.24, 2.45) is 0 Å². The number of benzene rings is 8. The van der Waals surface area contributed by atoms with E-state index in [0.717, 1.165) is 66.3 Å². The standard InChI is InChI=1S/C59H40F3N5/c1-37-29-38(2)31-44(30-37)43-27-28-47-46-25-15-16-26-54(46)67(55(47)32-43)56-48(52-35-50(39-17-7-3-8-18-39)63-57(65-52)41-21-11-5-12-22-41)33-45(59(60,61)62)34-49(56)53-36-51(40-19-9-4-10-20-40)64-58(66-53)42-23-13-6-14-24-42/h3-36H,1-2H3. The Bertz CT molecular complexity index is 3340. The van der Waals surface area contributed by atoms with Crippen molar-refractivity contribution in [1.29, 1.82) is 0 Å². The Balaban J connectivity index is 1.32. The van der Waals surface area contributed by atoms with Crippen LogP contribution in [0.25, 0.3) is 106 Å². The zero-order valence-corrected chi connectivity index (χ0v) is 36.5. The van der Waals surface area contributed by atoms with Crippen LogP contribution in [0.2, 0.25) is 0 Å². The summed E-state index contributed by atoms with van der Waals surface area (Å²) >= 11 is 0. The van der Waals surface area contributed by atoms with E-state index in [-0.39, 0.29) is 11.1 Å². The number of aryl methyl sites for hydroxylation is 2. The van der Waals surface area contributed by atoms with Gasteiger partial charge in [0.05, 0.1) is 45.1 Å². The summed E-state index contributed by atoms with van der Waals surface area (Å²) in [7, 11) is 0. The topological polar surface area (TPSA) is 56.5 Å². The van der Waals surface area contributed by atoms with Crippen LogP contribution in [0.4, 0.5) is 13.2 Å². The summed E-state index contributed by atoms with van der Waals surface area (Å²) in [6.07, 6.45) is -4.76. The van der Waals surface area contributed by atoms with Gasteiger partial charge in [0.2, 0.25) is 0 Å². The molecule has 0 unspecified atom stereocenters. The number of aromatic nitrogens is 5. The molecule has 0 radical (unpaired) electrons. The number of alkyl halides is 3. The van der Waals surface area contributed by atoms with Crippen molar-refractivity contribution in [1.82, 2.24) is 24.5 Å². The summed E-state index contributed by atoms with van der Waals surface area (Å²) in [6.45, 7) is 4.16. The van der Waals surface area contributed by atoms with Gasteiger partial charge in [-0.2, -0.15) is 13.2 Å². The van der Waals surface area contributed by atoms with Crippen LogP contribution in [-0.4, -0.2) is 24.5 Å². The van der Waals surface area contributed by atoms with Crippen LogP contribution in [0.15, 0.2) is 206 Å². The molecule has 322 valence electrons. The average Bonchev–Trinajstić information content (AvgIpc) is 3.69. The van der Waals surface area contributed by atoms with Crippen LogP contribution in [0.3, 0.4) is 0 Å². The molecular formula is C59H40F3N5. The second-order valence-corrected chi connectivity index (χ2v) is 16.8. The summed E-state index contributed by atoms with van der Waals surface area (Å²) < 4.78 is 49.4. The third kappa shape index (κ3) is 7.93. The highest BCUT2D eigenvalue weighted by molar-refractivity contribution is 6.11. The van der Waals surface area contributed by atoms with E-state index in [4.69, 9.17) is 19.9 Å². The predicted molar refractivity (Wildman–Crippen MR) is 264 cm³/mol. The molecule has 67 heavy (non-hydrogen) atoms. The predicted octanol–water partition coefficient (Wildman–Crippen LogP) is 15.7. The maximum Gasteiger partial charge on any atom is 0.416 e. The average molecular weight is 876 g/mol. The van der Waals surface area contributed by atoms with Gasteiger partial charge in [0.15, 0.2) is 11.6 Å². The quantitative estimate of drug-likeness (QED) is 0.153. The monoisotopic (exact) mass is 875 g/mol. The first-order valence-electron chi connectivity index (χ1n) is 22.0. The molecule has 8 aromatic carbocycles. The SMILES string of the molecule is Cc1cc(C)cc(-c2ccc3c4ccccc4n(-c4c(-c5cc(-c6ccccc6)nc(-c6ccccc6)n5)cc(C(F)(F)F)cc4-c4cc(-c5ccccc5)nc(-c5ccccc5)n4)c3c2)c1. The normalized spacial score (nSPS) is 11.7. The van der Waals surface area contributed by atoms with Gasteiger partial charge in [-0.1, -0.05) is 181 Å². The van der Waals surface area contributed by atoms with Crippen LogP contribution < -0.4 is 0 Å². The molecule has 0 atom stereocenters. The third-order valence-corrected chi connectivity index (χ3v) is 12.1. The number of nitrogens with zero attached hydrogens (tertiary/aromatic N) is 5. The molecule has 5 nitrogen and oxygen atoms in total. The van der Waals surface area contributed by atoms with Gasteiger partial charge in [-0.05, 0) is 61.4 Å². The Morgan fingerprint density at radius 3 is 1.28 bits per heavy atom. The molecule has 0 saturated carbocycles. The van der Waals surface area contributed by atoms with Crippen LogP contribution in [-0.2, 0) is 6.18 Å². The lowest BCUT2D eigenvalue weighted by molar-refractivity contribution is -0.137. The van der Waals surface area contributed by atoms with Crippen molar-refractivity contribution in [3.05, 3.63) is 223 Å². The molecule has 3 heterocycles. The smallest absolute Gasteiger partial charge is 0.308 e. The van der Waals surface area contributed by atoms with E-state index < -0.39 is 11.7 Å². The van der Waals surface area contributed by atoms with Crippen molar-refractivity contribution < 1.29 is 13.2 Å². The largest absolute Gasteiger partial charge is 0.416 e. The van der Waals surface area contributed by atoms with E-state index in [1.54, 1.807) is 12.1 Å². The minimum atomic E-state index is -4.76. The second kappa shape index (κ2) is 16.8. The highest BCUT2D eigenvalue weighted by atomic mass is 19.4. The molecule has 8 heteroatoms. The fraction of sp³-hybridized carbons (Fsp3) is 0.0508. The van der Waals surface area contributed by atoms with E-state index in [0.29, 0.717) is 40.1 Å². The van der Waals surface area contributed by atoms with Crippen molar-refractivity contribution in [3.8, 4) is 84.6 Å². The molecule has 0 N–H and O–H groups in total. The van der Waals surface area contributed by atoms with Gasteiger partial charge in [-0.25, -0.2) is 19.9 Å². The van der Waals surface area contributed by atoms with Gasteiger partial charge in [0.25, 0.3) is 0 Å². The van der Waals surface area contributed by atoms with Crippen LogP contribution in [0, 0.1) is 13.8 Å². The van der Waals surface area contributed by atoms with Crippen molar-refractivity contribution in [2.75, 3.05) is 0 Å². The zero-order valence-electron chi connectivity index (χ0n) is 36.5. The minimum absolute atomic E-state index is 0.252. The van der Waals surface area contributed by atoms with Gasteiger partial charge >= 0.3 is 6.18 Å². The summed E-state index contributed by atoms with van der Waals surface area (Å²) in [5, 5.41) is 1.88. The Labute approximate surface area is 385 Å². The van der Waals surface area contributed by atoms with E-state index in [1.807, 2.05) is 140 Å². The number of hydrogen-bond donors (Lipinski definition) is 0. The number of halogens is 3. The Morgan fingerprint density at radius 2 is 0.791 bits per heavy atom. The lowest BCUT2D eigenvalue weighted by Gasteiger charge is -2.22. The van der Waals surface area contributed by atoms with E-state index in [1.165, 1.54) is 12.1 Å². The summed E-state index contributed by atoms with van der Waals surface area (Å²) in [6, 6.07) is 65.3. The first kappa shape index (κ1) is 41.2. The molecular weight excluding hydrogens is 836 g/mol. The number of hydrogen-bond acceptors (Lipinski definition) is 4. The van der Waals surface area contributed by atoms with Gasteiger partial charge < -0.3 is 4.57 Å². The Morgan fingerprint density at radius 1 is 0.358 bits per heavy atom. The van der Waals surface area contributed by atoms with Gasteiger partial charge in [-0.15, -0.1) is 0 Å². The Kier molecular flexibility index (Phi) is 10.3. The summed E-state index contributed by atoms with van der Waals surface area (Å²) in [4.78, 5) is 20.4. The summed E-state index contributed by atoms with van der Waals surface area (Å²) in [5.41, 5.74) is 10.8. The number of fused-ring (bicyclic) bond motifs is 3. The molecule has 0 spiro atoms. The van der Waals surface area contributed by atoms with E-state index in [2.05, 4.69) is 60.9 Å². The first-order chi connectivity index (χ1) is 32.6. The molecule has 0 amide bonds. The molecule has 0 aliphatic rings. The fourth-order valence-corrected chi connectivity index (χ4v) is 9.08. The van der Waals surface area contributed by atoms with Crippen molar-refractivity contribution >= 4 is 21.8 Å². The maximum absolute atomic E-state index is 15.8. The Hall–Kier alpha value is -8.49. The number of rotatable bonds is 8. The van der Waals surface area contributed by atoms with Crippen molar-refractivity contribution in [2.45, 2.75) is 20.0 Å². The van der Waals surface area contributed by atoms with Crippen LogP contribution >= 0.6 is 0 Å². The molecule has 0 aliphatic heterocycles. The van der Waals surface area contributed by atoms with Gasteiger partial charge in [0.1, 0.15) is 0 Å². The lowest BCUT2D eigenvalue weighted by atomic mass is 9.95. The molecule has 3 aromatic heterocycles. The fourth-order valence-electron chi connectivity index (χ4n) is 9.08. The molecule has 0 aliphatic carbocycles. The first-order valence-corrected chi connectivity index (χ1v) is 22.0. The molecule has 11 rings (SSSR count). The second-order valence-electron chi connectivity index (χ2n) is 16.8. The number of para-hydroxylation sites is 1. The molecule has 0 saturated heterocycles. The van der Waals surface area contributed by atoms with Crippen molar-refractivity contribution in [3.63, 3.8) is 0 Å². The van der Waals surface area contributed by atoms with Gasteiger partial charge in [0, 0.05) is 44.2 Å². The zero-order chi connectivity index (χ0) is 45.6. The summed E-state index contributed by atoms with van der Waals surface area (Å²) in [5.74, 6) is 0.752. The molecule has 0 fully saturated rings. The van der Waals surface area contributed by atoms with E-state index in [9.17, 15) is 0 Å². The third-order valence-electron chi connectivity index (χ3n) is 12.1.